The summed E-state index contributed by atoms with van der Waals surface area (Å²) < 4.78 is 0.845. The Labute approximate surface area is 148 Å². The van der Waals surface area contributed by atoms with E-state index in [1.165, 1.54) is 0 Å². The molecule has 0 unspecified atom stereocenters. The van der Waals surface area contributed by atoms with E-state index in [2.05, 4.69) is 26.6 Å². The van der Waals surface area contributed by atoms with Crippen LogP contribution >= 0.6 is 39.1 Å². The maximum Gasteiger partial charge on any atom is 0.238 e. The Bertz CT molecular complexity index is 679. The number of nitrogens with one attached hydrogen (secondary N) is 2. The van der Waals surface area contributed by atoms with E-state index in [0.717, 1.165) is 15.7 Å². The minimum absolute atomic E-state index is 0.0604. The molecule has 0 spiro atoms. The predicted octanol–water partition coefficient (Wildman–Crippen LogP) is 5.05. The quantitative estimate of drug-likeness (QED) is 0.736. The minimum atomic E-state index is -0.121. The highest BCUT2D eigenvalue weighted by Crippen LogP contribution is 2.26. The van der Waals surface area contributed by atoms with Crippen molar-refractivity contribution in [1.29, 1.82) is 0 Å². The standard InChI is InChI=1S/C16H15BrCl2N2O/c1-10(12-7-6-11(18)8-14(12)19)20-9-16(22)21-15-5-3-2-4-13(15)17/h2-8,10,20H,9H2,1H3,(H,21,22)/t10-/m1/s1. The smallest absolute Gasteiger partial charge is 0.238 e. The zero-order valence-corrected chi connectivity index (χ0v) is 15.0. The molecule has 0 radical (unpaired) electrons. The Morgan fingerprint density at radius 2 is 1.95 bits per heavy atom. The average molecular weight is 402 g/mol. The van der Waals surface area contributed by atoms with Crippen LogP contribution in [0.15, 0.2) is 46.9 Å². The second kappa shape index (κ2) is 7.97. The Morgan fingerprint density at radius 3 is 2.64 bits per heavy atom. The molecule has 0 heterocycles. The first kappa shape index (κ1) is 17.3. The number of carbonyl (C=O) groups is 1. The zero-order chi connectivity index (χ0) is 16.1. The average Bonchev–Trinajstić information content (AvgIpc) is 2.47. The first-order valence-electron chi connectivity index (χ1n) is 6.70. The third kappa shape index (κ3) is 4.71. The van der Waals surface area contributed by atoms with Gasteiger partial charge in [0.05, 0.1) is 12.2 Å². The van der Waals surface area contributed by atoms with Crippen LogP contribution in [0, 0.1) is 0 Å². The zero-order valence-electron chi connectivity index (χ0n) is 11.9. The van der Waals surface area contributed by atoms with E-state index in [1.54, 1.807) is 12.1 Å². The van der Waals surface area contributed by atoms with Crippen LogP contribution in [0.3, 0.4) is 0 Å². The van der Waals surface area contributed by atoms with Crippen molar-refractivity contribution >= 4 is 50.7 Å². The molecular weight excluding hydrogens is 387 g/mol. The Kier molecular flexibility index (Phi) is 6.26. The molecule has 1 amide bonds. The number of hydrogen-bond donors (Lipinski definition) is 2. The molecule has 0 aliphatic heterocycles. The Hall–Kier alpha value is -1.07. The summed E-state index contributed by atoms with van der Waals surface area (Å²) in [7, 11) is 0. The number of carbonyl (C=O) groups excluding carboxylic acids is 1. The van der Waals surface area contributed by atoms with E-state index in [0.29, 0.717) is 10.0 Å². The fourth-order valence-electron chi connectivity index (χ4n) is 1.97. The van der Waals surface area contributed by atoms with Crippen molar-refractivity contribution < 1.29 is 4.79 Å². The number of anilines is 1. The molecule has 1 atom stereocenters. The summed E-state index contributed by atoms with van der Waals surface area (Å²) >= 11 is 15.4. The molecule has 2 aromatic rings. The van der Waals surface area contributed by atoms with Crippen molar-refractivity contribution in [2.75, 3.05) is 11.9 Å². The van der Waals surface area contributed by atoms with E-state index in [4.69, 9.17) is 23.2 Å². The normalized spacial score (nSPS) is 12.0. The third-order valence-electron chi connectivity index (χ3n) is 3.15. The maximum atomic E-state index is 12.0. The fraction of sp³-hybridized carbons (Fsp3) is 0.188. The molecule has 0 bridgehead atoms. The van der Waals surface area contributed by atoms with E-state index < -0.39 is 0 Å². The molecule has 0 fully saturated rings. The Morgan fingerprint density at radius 1 is 1.23 bits per heavy atom. The van der Waals surface area contributed by atoms with Gasteiger partial charge in [-0.3, -0.25) is 4.79 Å². The first-order chi connectivity index (χ1) is 10.5. The van der Waals surface area contributed by atoms with Crippen LogP contribution in [0.2, 0.25) is 10.0 Å². The van der Waals surface area contributed by atoms with Gasteiger partial charge in [0.15, 0.2) is 0 Å². The van der Waals surface area contributed by atoms with Gasteiger partial charge in [-0.1, -0.05) is 41.4 Å². The second-order valence-electron chi connectivity index (χ2n) is 4.80. The summed E-state index contributed by atoms with van der Waals surface area (Å²) in [5, 5.41) is 7.15. The van der Waals surface area contributed by atoms with Crippen LogP contribution in [0.1, 0.15) is 18.5 Å². The molecule has 3 nitrogen and oxygen atoms in total. The largest absolute Gasteiger partial charge is 0.324 e. The van der Waals surface area contributed by atoms with Gasteiger partial charge in [-0.25, -0.2) is 0 Å². The second-order valence-corrected chi connectivity index (χ2v) is 6.49. The Balaban J connectivity index is 1.92. The topological polar surface area (TPSA) is 41.1 Å². The van der Waals surface area contributed by atoms with Gasteiger partial charge < -0.3 is 10.6 Å². The predicted molar refractivity (Wildman–Crippen MR) is 95.7 cm³/mol. The highest BCUT2D eigenvalue weighted by molar-refractivity contribution is 9.10. The van der Waals surface area contributed by atoms with Crippen molar-refractivity contribution in [3.05, 3.63) is 62.5 Å². The molecule has 6 heteroatoms. The van der Waals surface area contributed by atoms with Crippen LogP contribution in [-0.2, 0) is 4.79 Å². The van der Waals surface area contributed by atoms with Crippen LogP contribution in [-0.4, -0.2) is 12.5 Å². The van der Waals surface area contributed by atoms with Crippen molar-refractivity contribution in [1.82, 2.24) is 5.32 Å². The first-order valence-corrected chi connectivity index (χ1v) is 8.25. The van der Waals surface area contributed by atoms with Gasteiger partial charge >= 0.3 is 0 Å². The van der Waals surface area contributed by atoms with Crippen molar-refractivity contribution in [2.24, 2.45) is 0 Å². The van der Waals surface area contributed by atoms with Gasteiger partial charge in [0.25, 0.3) is 0 Å². The SMILES string of the molecule is C[C@@H](NCC(=O)Nc1ccccc1Br)c1ccc(Cl)cc1Cl. The van der Waals surface area contributed by atoms with Crippen LogP contribution < -0.4 is 10.6 Å². The minimum Gasteiger partial charge on any atom is -0.324 e. The molecule has 116 valence electrons. The highest BCUT2D eigenvalue weighted by Gasteiger charge is 2.12. The summed E-state index contributed by atoms with van der Waals surface area (Å²) in [6.45, 7) is 2.13. The molecular formula is C16H15BrCl2N2O. The molecule has 0 aliphatic rings. The van der Waals surface area contributed by atoms with E-state index in [9.17, 15) is 4.79 Å². The molecule has 0 aliphatic carbocycles. The van der Waals surface area contributed by atoms with Crippen molar-refractivity contribution in [3.8, 4) is 0 Å². The molecule has 0 aromatic heterocycles. The molecule has 2 aromatic carbocycles. The number of amides is 1. The van der Waals surface area contributed by atoms with Gasteiger partial charge in [-0.2, -0.15) is 0 Å². The van der Waals surface area contributed by atoms with Crippen LogP contribution in [0.25, 0.3) is 0 Å². The number of para-hydroxylation sites is 1. The lowest BCUT2D eigenvalue weighted by atomic mass is 10.1. The van der Waals surface area contributed by atoms with E-state index in [1.807, 2.05) is 37.3 Å². The number of hydrogen-bond acceptors (Lipinski definition) is 2. The van der Waals surface area contributed by atoms with E-state index >= 15 is 0 Å². The van der Waals surface area contributed by atoms with Crippen molar-refractivity contribution in [2.45, 2.75) is 13.0 Å². The monoisotopic (exact) mass is 400 g/mol. The molecule has 2 rings (SSSR count). The van der Waals surface area contributed by atoms with Gasteiger partial charge in [-0.15, -0.1) is 0 Å². The lowest BCUT2D eigenvalue weighted by Crippen LogP contribution is -2.30. The third-order valence-corrected chi connectivity index (χ3v) is 4.40. The lowest BCUT2D eigenvalue weighted by molar-refractivity contribution is -0.115. The summed E-state index contributed by atoms with van der Waals surface area (Å²) in [5.41, 5.74) is 1.64. The van der Waals surface area contributed by atoms with Crippen LogP contribution in [0.4, 0.5) is 5.69 Å². The summed E-state index contributed by atoms with van der Waals surface area (Å²) in [6.07, 6.45) is 0. The summed E-state index contributed by atoms with van der Waals surface area (Å²) in [5.74, 6) is -0.121. The van der Waals surface area contributed by atoms with Crippen LogP contribution in [0.5, 0.6) is 0 Å². The highest BCUT2D eigenvalue weighted by atomic mass is 79.9. The molecule has 0 saturated carbocycles. The maximum absolute atomic E-state index is 12.0. The fourth-order valence-corrected chi connectivity index (χ4v) is 2.92. The number of rotatable bonds is 5. The van der Waals surface area contributed by atoms with Gasteiger partial charge in [-0.05, 0) is 52.7 Å². The lowest BCUT2D eigenvalue weighted by Gasteiger charge is -2.16. The summed E-state index contributed by atoms with van der Waals surface area (Å²) in [6, 6.07) is 12.7. The number of benzene rings is 2. The number of halogens is 3. The van der Waals surface area contributed by atoms with Gasteiger partial charge in [0.2, 0.25) is 5.91 Å². The molecule has 0 saturated heterocycles. The van der Waals surface area contributed by atoms with Crippen molar-refractivity contribution in [3.63, 3.8) is 0 Å². The van der Waals surface area contributed by atoms with E-state index in [-0.39, 0.29) is 18.5 Å². The van der Waals surface area contributed by atoms with Gasteiger partial charge in [0.1, 0.15) is 0 Å². The summed E-state index contributed by atoms with van der Waals surface area (Å²) in [4.78, 5) is 12.0. The molecule has 2 N–H and O–H groups in total. The van der Waals surface area contributed by atoms with Gasteiger partial charge in [0, 0.05) is 20.6 Å². The molecule has 22 heavy (non-hydrogen) atoms.